The van der Waals surface area contributed by atoms with E-state index in [-0.39, 0.29) is 0 Å². The highest BCUT2D eigenvalue weighted by molar-refractivity contribution is 5.79. The van der Waals surface area contributed by atoms with E-state index in [2.05, 4.69) is 0 Å². The summed E-state index contributed by atoms with van der Waals surface area (Å²) in [6.07, 6.45) is 2.25. The molecule has 0 bridgehead atoms. The topological polar surface area (TPSA) is 112 Å². The summed E-state index contributed by atoms with van der Waals surface area (Å²) in [5.41, 5.74) is 15.3. The first-order chi connectivity index (χ1) is 5.07. The highest BCUT2D eigenvalue weighted by Crippen LogP contribution is 1.95. The minimum Gasteiger partial charge on any atom is -0.368 e. The third-order valence-corrected chi connectivity index (χ3v) is 1.31. The second-order valence-corrected chi connectivity index (χ2v) is 2.31. The van der Waals surface area contributed by atoms with Gasteiger partial charge < -0.3 is 17.2 Å². The van der Waals surface area contributed by atoms with Crippen LogP contribution in [0.25, 0.3) is 0 Å². The Morgan fingerprint density at radius 3 is 2.27 bits per heavy atom. The van der Waals surface area contributed by atoms with Crippen LogP contribution < -0.4 is 17.2 Å². The van der Waals surface area contributed by atoms with Gasteiger partial charge in [-0.05, 0) is 12.8 Å². The van der Waals surface area contributed by atoms with Crippen molar-refractivity contribution in [3.8, 4) is 0 Å². The van der Waals surface area contributed by atoms with Crippen molar-refractivity contribution in [1.29, 1.82) is 0 Å². The molecule has 5 heteroatoms. The second-order valence-electron chi connectivity index (χ2n) is 2.31. The van der Waals surface area contributed by atoms with E-state index in [1.165, 1.54) is 0 Å². The predicted molar refractivity (Wildman–Crippen MR) is 40.1 cm³/mol. The summed E-state index contributed by atoms with van der Waals surface area (Å²) < 4.78 is 0. The van der Waals surface area contributed by atoms with Crippen LogP contribution in [-0.4, -0.2) is 24.3 Å². The molecule has 1 amide bonds. The molecular formula is C6H12N3O2. The zero-order chi connectivity index (χ0) is 8.85. The molecule has 2 atom stereocenters. The fraction of sp³-hybridized carbons (Fsp3) is 0.667. The van der Waals surface area contributed by atoms with E-state index in [0.717, 1.165) is 0 Å². The number of rotatable bonds is 5. The maximum atomic E-state index is 10.4. The van der Waals surface area contributed by atoms with Gasteiger partial charge in [0.2, 0.25) is 12.2 Å². The molecule has 0 spiro atoms. The molecule has 0 aliphatic heterocycles. The Bertz CT molecular complexity index is 149. The lowest BCUT2D eigenvalue weighted by Gasteiger charge is -2.07. The molecule has 0 heterocycles. The number of hydrogen-bond donors (Lipinski definition) is 3. The third-order valence-electron chi connectivity index (χ3n) is 1.31. The average molecular weight is 158 g/mol. The fourth-order valence-corrected chi connectivity index (χ4v) is 0.560. The van der Waals surface area contributed by atoms with Gasteiger partial charge in [-0.25, -0.2) is 0 Å². The van der Waals surface area contributed by atoms with E-state index in [1.54, 1.807) is 6.29 Å². The first kappa shape index (κ1) is 10.1. The van der Waals surface area contributed by atoms with Gasteiger partial charge in [0.1, 0.15) is 0 Å². The van der Waals surface area contributed by atoms with Crippen molar-refractivity contribution in [2.24, 2.45) is 17.2 Å². The van der Waals surface area contributed by atoms with Crippen LogP contribution in [0.5, 0.6) is 0 Å². The summed E-state index contributed by atoms with van der Waals surface area (Å²) in [6, 6.07) is -1.38. The molecule has 0 aromatic heterocycles. The summed E-state index contributed by atoms with van der Waals surface area (Å²) in [5.74, 6) is -0.580. The molecule has 0 rings (SSSR count). The first-order valence-corrected chi connectivity index (χ1v) is 3.26. The Labute approximate surface area is 64.9 Å². The van der Waals surface area contributed by atoms with Gasteiger partial charge in [-0.2, -0.15) is 0 Å². The van der Waals surface area contributed by atoms with Gasteiger partial charge in [-0.15, -0.1) is 0 Å². The molecule has 63 valence electrons. The quantitative estimate of drug-likeness (QED) is 0.430. The monoisotopic (exact) mass is 158 g/mol. The number of hydrogen-bond acceptors (Lipinski definition) is 4. The normalized spacial score (nSPS) is 15.5. The van der Waals surface area contributed by atoms with Crippen molar-refractivity contribution in [3.05, 3.63) is 0 Å². The van der Waals surface area contributed by atoms with Crippen LogP contribution in [0.2, 0.25) is 0 Å². The third kappa shape index (κ3) is 4.46. The summed E-state index contributed by atoms with van der Waals surface area (Å²) in [7, 11) is 0. The number of carbonyl (C=O) groups is 1. The number of carbonyl (C=O) groups excluding carboxylic acids is 2. The van der Waals surface area contributed by atoms with Crippen LogP contribution >= 0.6 is 0 Å². The van der Waals surface area contributed by atoms with Crippen molar-refractivity contribution < 1.29 is 9.59 Å². The smallest absolute Gasteiger partial charge is 0.234 e. The van der Waals surface area contributed by atoms with Gasteiger partial charge in [-0.3, -0.25) is 9.59 Å². The van der Waals surface area contributed by atoms with Crippen LogP contribution in [0.1, 0.15) is 12.8 Å². The minimum absolute atomic E-state index is 0.325. The zero-order valence-corrected chi connectivity index (χ0v) is 6.12. The van der Waals surface area contributed by atoms with Crippen LogP contribution in [0.15, 0.2) is 0 Å². The number of primary amides is 1. The number of amides is 1. The summed E-state index contributed by atoms with van der Waals surface area (Å²) in [4.78, 5) is 20.2. The highest BCUT2D eigenvalue weighted by Gasteiger charge is 2.10. The lowest BCUT2D eigenvalue weighted by Crippen LogP contribution is -2.37. The van der Waals surface area contributed by atoms with Crippen LogP contribution in [-0.2, 0) is 9.59 Å². The lowest BCUT2D eigenvalue weighted by atomic mass is 10.1. The summed E-state index contributed by atoms with van der Waals surface area (Å²) in [6.45, 7) is 0. The predicted octanol–water partition coefficient (Wildman–Crippen LogP) is -1.98. The molecular weight excluding hydrogens is 146 g/mol. The zero-order valence-electron chi connectivity index (χ0n) is 6.12. The Morgan fingerprint density at radius 1 is 1.36 bits per heavy atom. The molecule has 0 aromatic rings. The Morgan fingerprint density at radius 2 is 1.91 bits per heavy atom. The van der Waals surface area contributed by atoms with Crippen LogP contribution in [0, 0.1) is 0 Å². The van der Waals surface area contributed by atoms with Gasteiger partial charge in [0, 0.05) is 0 Å². The van der Waals surface area contributed by atoms with Crippen molar-refractivity contribution >= 4 is 12.2 Å². The Hall–Kier alpha value is -0.940. The van der Waals surface area contributed by atoms with E-state index < -0.39 is 18.0 Å². The van der Waals surface area contributed by atoms with Crippen LogP contribution in [0.4, 0.5) is 0 Å². The molecule has 11 heavy (non-hydrogen) atoms. The maximum Gasteiger partial charge on any atom is 0.234 e. The van der Waals surface area contributed by atoms with Gasteiger partial charge in [0.15, 0.2) is 0 Å². The van der Waals surface area contributed by atoms with Gasteiger partial charge in [0.05, 0.1) is 12.1 Å². The molecule has 0 saturated heterocycles. The largest absolute Gasteiger partial charge is 0.368 e. The van der Waals surface area contributed by atoms with Gasteiger partial charge in [0.25, 0.3) is 0 Å². The highest BCUT2D eigenvalue weighted by atomic mass is 16.1. The molecule has 0 aliphatic rings. The van der Waals surface area contributed by atoms with E-state index in [9.17, 15) is 9.59 Å². The fourth-order valence-electron chi connectivity index (χ4n) is 0.560. The maximum absolute atomic E-state index is 10.4. The molecule has 1 unspecified atom stereocenters. The first-order valence-electron chi connectivity index (χ1n) is 3.26. The molecule has 0 saturated carbocycles. The molecule has 5 nitrogen and oxygen atoms in total. The SMILES string of the molecule is NC(=O)C(N)CC[C@@H](N)[C]=O. The second kappa shape index (κ2) is 4.81. The Balaban J connectivity index is 3.53. The molecule has 0 aromatic carbocycles. The van der Waals surface area contributed by atoms with E-state index in [4.69, 9.17) is 17.2 Å². The van der Waals surface area contributed by atoms with Gasteiger partial charge in [-0.1, -0.05) is 0 Å². The average Bonchev–Trinajstić information content (AvgIpc) is 1.99. The molecule has 1 radical (unpaired) electrons. The Kier molecular flexibility index (Phi) is 4.40. The van der Waals surface area contributed by atoms with E-state index >= 15 is 0 Å². The molecule has 6 N–H and O–H groups in total. The molecule has 0 aliphatic carbocycles. The standard InChI is InChI=1S/C6H12N3O2/c7-4(3-10)1-2-5(8)6(9)11/h4-5H,1-2,7-8H2,(H2,9,11)/t4-,5?/m1/s1. The van der Waals surface area contributed by atoms with Crippen LogP contribution in [0.3, 0.4) is 0 Å². The lowest BCUT2D eigenvalue weighted by molar-refractivity contribution is -0.119. The van der Waals surface area contributed by atoms with Gasteiger partial charge >= 0.3 is 0 Å². The van der Waals surface area contributed by atoms with Crippen molar-refractivity contribution in [2.75, 3.05) is 0 Å². The summed E-state index contributed by atoms with van der Waals surface area (Å²) >= 11 is 0. The van der Waals surface area contributed by atoms with Crippen molar-refractivity contribution in [2.45, 2.75) is 24.9 Å². The van der Waals surface area contributed by atoms with E-state index in [0.29, 0.717) is 12.8 Å². The van der Waals surface area contributed by atoms with E-state index in [1.807, 2.05) is 0 Å². The molecule has 0 fully saturated rings. The van der Waals surface area contributed by atoms with Crippen molar-refractivity contribution in [3.63, 3.8) is 0 Å². The number of nitrogens with two attached hydrogens (primary N) is 3. The van der Waals surface area contributed by atoms with Crippen molar-refractivity contribution in [1.82, 2.24) is 0 Å². The summed E-state index contributed by atoms with van der Waals surface area (Å²) in [5, 5.41) is 0. The minimum atomic E-state index is -0.714.